The van der Waals surface area contributed by atoms with Crippen LogP contribution in [0.15, 0.2) is 12.1 Å². The second-order valence-corrected chi connectivity index (χ2v) is 4.08. The average molecular weight is 245 g/mol. The first-order chi connectivity index (χ1) is 7.72. The van der Waals surface area contributed by atoms with Crippen LogP contribution in [0.3, 0.4) is 0 Å². The van der Waals surface area contributed by atoms with Crippen molar-refractivity contribution in [3.63, 3.8) is 0 Å². The lowest BCUT2D eigenvalue weighted by molar-refractivity contribution is 0.411. The molecule has 0 unspecified atom stereocenters. The quantitative estimate of drug-likeness (QED) is 0.860. The molecule has 1 aliphatic rings. The zero-order valence-electron chi connectivity index (χ0n) is 9.09. The third-order valence-electron chi connectivity index (χ3n) is 2.68. The van der Waals surface area contributed by atoms with Crippen LogP contribution in [-0.2, 0) is 0 Å². The van der Waals surface area contributed by atoms with Gasteiger partial charge >= 0.3 is 0 Å². The Morgan fingerprint density at radius 1 is 1.38 bits per heavy atom. The van der Waals surface area contributed by atoms with Gasteiger partial charge in [0.25, 0.3) is 0 Å². The van der Waals surface area contributed by atoms with E-state index < -0.39 is 0 Å². The Balaban J connectivity index is 2.29. The summed E-state index contributed by atoms with van der Waals surface area (Å²) in [5.74, 6) is 0.0844. The Morgan fingerprint density at radius 3 is 2.69 bits per heavy atom. The first-order valence-electron chi connectivity index (χ1n) is 5.21. The van der Waals surface area contributed by atoms with Crippen LogP contribution in [0.1, 0.15) is 0 Å². The van der Waals surface area contributed by atoms with Gasteiger partial charge in [0.05, 0.1) is 17.8 Å². The standard InChI is InChI=1S/C11H14ClFN2O/c1-16-11-7-9(13)10(6-8(11)12)15-4-2-14-3-5-15/h6-7,14H,2-5H2,1H3. The fourth-order valence-corrected chi connectivity index (χ4v) is 2.06. The number of ether oxygens (including phenoxy) is 1. The van der Waals surface area contributed by atoms with E-state index in [1.54, 1.807) is 6.07 Å². The second kappa shape index (κ2) is 4.89. The second-order valence-electron chi connectivity index (χ2n) is 3.68. The number of hydrogen-bond donors (Lipinski definition) is 1. The van der Waals surface area contributed by atoms with Crippen LogP contribution in [0, 0.1) is 5.82 Å². The summed E-state index contributed by atoms with van der Waals surface area (Å²) in [5.41, 5.74) is 0.548. The Kier molecular flexibility index (Phi) is 3.51. The van der Waals surface area contributed by atoms with E-state index in [2.05, 4.69) is 5.32 Å². The van der Waals surface area contributed by atoms with Crippen molar-refractivity contribution in [2.45, 2.75) is 0 Å². The molecule has 1 saturated heterocycles. The highest BCUT2D eigenvalue weighted by Gasteiger charge is 2.16. The third kappa shape index (κ3) is 2.23. The Morgan fingerprint density at radius 2 is 2.06 bits per heavy atom. The van der Waals surface area contributed by atoms with Gasteiger partial charge in [0, 0.05) is 32.2 Å². The van der Waals surface area contributed by atoms with Gasteiger partial charge in [0.2, 0.25) is 0 Å². The fourth-order valence-electron chi connectivity index (χ4n) is 1.82. The normalized spacial score (nSPS) is 16.3. The SMILES string of the molecule is COc1cc(F)c(N2CCNCC2)cc1Cl. The van der Waals surface area contributed by atoms with Gasteiger partial charge in [0.15, 0.2) is 0 Å². The molecule has 1 N–H and O–H groups in total. The Hall–Kier alpha value is -1.00. The zero-order valence-corrected chi connectivity index (χ0v) is 9.85. The number of rotatable bonds is 2. The summed E-state index contributed by atoms with van der Waals surface area (Å²) >= 11 is 5.99. The van der Waals surface area contributed by atoms with Crippen LogP contribution in [0.4, 0.5) is 10.1 Å². The lowest BCUT2D eigenvalue weighted by Gasteiger charge is -2.30. The van der Waals surface area contributed by atoms with Crippen molar-refractivity contribution in [2.75, 3.05) is 38.2 Å². The molecule has 1 heterocycles. The molecule has 1 aromatic rings. The number of benzene rings is 1. The minimum absolute atomic E-state index is 0.289. The third-order valence-corrected chi connectivity index (χ3v) is 2.97. The van der Waals surface area contributed by atoms with Crippen LogP contribution in [0.2, 0.25) is 5.02 Å². The number of anilines is 1. The van der Waals surface area contributed by atoms with E-state index in [9.17, 15) is 4.39 Å². The van der Waals surface area contributed by atoms with E-state index in [1.807, 2.05) is 4.90 Å². The van der Waals surface area contributed by atoms with Crippen LogP contribution >= 0.6 is 11.6 Å². The molecule has 0 spiro atoms. The number of nitrogens with one attached hydrogen (secondary N) is 1. The number of hydrogen-bond acceptors (Lipinski definition) is 3. The Bertz CT molecular complexity index is 380. The molecule has 2 rings (SSSR count). The van der Waals surface area contributed by atoms with Crippen molar-refractivity contribution >= 4 is 17.3 Å². The molecule has 5 heteroatoms. The van der Waals surface area contributed by atoms with Crippen molar-refractivity contribution in [1.29, 1.82) is 0 Å². The van der Waals surface area contributed by atoms with E-state index >= 15 is 0 Å². The van der Waals surface area contributed by atoms with Gasteiger partial charge in [0.1, 0.15) is 11.6 Å². The molecule has 3 nitrogen and oxygen atoms in total. The van der Waals surface area contributed by atoms with Gasteiger partial charge in [-0.2, -0.15) is 0 Å². The largest absolute Gasteiger partial charge is 0.495 e. The molecular weight excluding hydrogens is 231 g/mol. The number of piperazine rings is 1. The molecule has 0 amide bonds. The molecule has 0 aliphatic carbocycles. The molecule has 0 aromatic heterocycles. The van der Waals surface area contributed by atoms with Crippen molar-refractivity contribution < 1.29 is 9.13 Å². The van der Waals surface area contributed by atoms with Gasteiger partial charge in [-0.1, -0.05) is 11.6 Å². The van der Waals surface area contributed by atoms with Gasteiger partial charge in [-0.3, -0.25) is 0 Å². The van der Waals surface area contributed by atoms with Gasteiger partial charge in [-0.25, -0.2) is 4.39 Å². The van der Waals surface area contributed by atoms with Gasteiger partial charge < -0.3 is 15.0 Å². The van der Waals surface area contributed by atoms with Crippen molar-refractivity contribution in [1.82, 2.24) is 5.32 Å². The monoisotopic (exact) mass is 244 g/mol. The molecule has 0 saturated carbocycles. The maximum Gasteiger partial charge on any atom is 0.150 e. The molecule has 0 radical (unpaired) electrons. The van der Waals surface area contributed by atoms with E-state index in [-0.39, 0.29) is 5.82 Å². The fraction of sp³-hybridized carbons (Fsp3) is 0.455. The predicted molar refractivity (Wildman–Crippen MR) is 63.0 cm³/mol. The highest BCUT2D eigenvalue weighted by molar-refractivity contribution is 6.32. The van der Waals surface area contributed by atoms with Gasteiger partial charge in [-0.15, -0.1) is 0 Å². The number of methoxy groups -OCH3 is 1. The summed E-state index contributed by atoms with van der Waals surface area (Å²) in [7, 11) is 1.48. The molecule has 16 heavy (non-hydrogen) atoms. The highest BCUT2D eigenvalue weighted by Crippen LogP contribution is 2.32. The molecule has 1 fully saturated rings. The van der Waals surface area contributed by atoms with Gasteiger partial charge in [-0.05, 0) is 6.07 Å². The summed E-state index contributed by atoms with van der Waals surface area (Å²) in [4.78, 5) is 1.98. The maximum atomic E-state index is 13.8. The highest BCUT2D eigenvalue weighted by atomic mass is 35.5. The van der Waals surface area contributed by atoms with E-state index in [0.717, 1.165) is 26.2 Å². The van der Waals surface area contributed by atoms with Crippen LogP contribution in [-0.4, -0.2) is 33.3 Å². The molecular formula is C11H14ClFN2O. The van der Waals surface area contributed by atoms with Crippen LogP contribution in [0.5, 0.6) is 5.75 Å². The zero-order chi connectivity index (χ0) is 11.5. The van der Waals surface area contributed by atoms with Crippen LogP contribution in [0.25, 0.3) is 0 Å². The minimum atomic E-state index is -0.289. The van der Waals surface area contributed by atoms with Crippen LogP contribution < -0.4 is 15.0 Å². The lowest BCUT2D eigenvalue weighted by atomic mass is 10.2. The summed E-state index contributed by atoms with van der Waals surface area (Å²) in [6.45, 7) is 3.31. The molecule has 1 aromatic carbocycles. The first kappa shape index (κ1) is 11.5. The molecule has 0 atom stereocenters. The molecule has 88 valence electrons. The number of halogens is 2. The van der Waals surface area contributed by atoms with Crippen molar-refractivity contribution in [2.24, 2.45) is 0 Å². The minimum Gasteiger partial charge on any atom is -0.495 e. The maximum absolute atomic E-state index is 13.8. The lowest BCUT2D eigenvalue weighted by Crippen LogP contribution is -2.43. The average Bonchev–Trinajstić information content (AvgIpc) is 2.32. The molecule has 0 bridgehead atoms. The summed E-state index contributed by atoms with van der Waals surface area (Å²) in [6, 6.07) is 2.96. The van der Waals surface area contributed by atoms with E-state index in [1.165, 1.54) is 13.2 Å². The topological polar surface area (TPSA) is 24.5 Å². The van der Waals surface area contributed by atoms with Crippen molar-refractivity contribution in [3.8, 4) is 5.75 Å². The summed E-state index contributed by atoms with van der Waals surface area (Å²) < 4.78 is 18.8. The predicted octanol–water partition coefficient (Wildman–Crippen LogP) is 1.90. The van der Waals surface area contributed by atoms with E-state index in [4.69, 9.17) is 16.3 Å². The summed E-state index contributed by atoms with van der Waals surface area (Å²) in [5, 5.41) is 3.66. The molecule has 1 aliphatic heterocycles. The van der Waals surface area contributed by atoms with Crippen molar-refractivity contribution in [3.05, 3.63) is 23.0 Å². The van der Waals surface area contributed by atoms with E-state index in [0.29, 0.717) is 16.5 Å². The first-order valence-corrected chi connectivity index (χ1v) is 5.59. The smallest absolute Gasteiger partial charge is 0.150 e. The summed E-state index contributed by atoms with van der Waals surface area (Å²) in [6.07, 6.45) is 0. The Labute approximate surface area is 99.1 Å². The number of nitrogens with zero attached hydrogens (tertiary/aromatic N) is 1.